The predicted octanol–water partition coefficient (Wildman–Crippen LogP) is 12.4. The van der Waals surface area contributed by atoms with Crippen LogP contribution in [-0.4, -0.2) is 19.9 Å². The Bertz CT molecular complexity index is 2410. The minimum atomic E-state index is 0.487. The van der Waals surface area contributed by atoms with Gasteiger partial charge in [-0.15, -0.1) is 0 Å². The summed E-state index contributed by atoms with van der Waals surface area (Å²) < 4.78 is 0. The zero-order valence-electron chi connectivity index (χ0n) is 30.9. The molecule has 0 unspecified atom stereocenters. The molecular formula is C48H44N4. The molecule has 4 heterocycles. The summed E-state index contributed by atoms with van der Waals surface area (Å²) in [5, 5.41) is 4.72. The van der Waals surface area contributed by atoms with Crippen molar-refractivity contribution in [2.75, 3.05) is 0 Å². The Morgan fingerprint density at radius 3 is 1.25 bits per heavy atom. The van der Waals surface area contributed by atoms with Crippen LogP contribution in [0.25, 0.3) is 77.1 Å². The molecule has 4 aromatic heterocycles. The maximum absolute atomic E-state index is 5.39. The van der Waals surface area contributed by atoms with E-state index in [-0.39, 0.29) is 0 Å². The summed E-state index contributed by atoms with van der Waals surface area (Å²) >= 11 is 0. The Kier molecular flexibility index (Phi) is 8.84. The summed E-state index contributed by atoms with van der Waals surface area (Å²) in [5.41, 5.74) is 16.0. The number of pyridine rings is 4. The zero-order chi connectivity index (χ0) is 35.9. The van der Waals surface area contributed by atoms with Crippen LogP contribution < -0.4 is 0 Å². The minimum absolute atomic E-state index is 0.487. The summed E-state index contributed by atoms with van der Waals surface area (Å²) in [6.45, 7) is 13.5. The van der Waals surface area contributed by atoms with E-state index in [2.05, 4.69) is 136 Å². The normalized spacial score (nSPS) is 11.8. The summed E-state index contributed by atoms with van der Waals surface area (Å²) in [6.07, 6.45) is 9.46. The molecule has 0 N–H and O–H groups in total. The molecule has 256 valence electrons. The van der Waals surface area contributed by atoms with Gasteiger partial charge >= 0.3 is 0 Å². The van der Waals surface area contributed by atoms with Crippen molar-refractivity contribution in [2.24, 2.45) is 11.8 Å². The van der Waals surface area contributed by atoms with Crippen molar-refractivity contribution >= 4 is 32.6 Å². The molecule has 4 heteroatoms. The van der Waals surface area contributed by atoms with E-state index in [0.29, 0.717) is 11.8 Å². The van der Waals surface area contributed by atoms with E-state index in [9.17, 15) is 0 Å². The maximum atomic E-state index is 5.39. The van der Waals surface area contributed by atoms with Crippen molar-refractivity contribution in [2.45, 2.75) is 54.4 Å². The molecular weight excluding hydrogens is 633 g/mol. The predicted molar refractivity (Wildman–Crippen MR) is 218 cm³/mol. The first-order valence-corrected chi connectivity index (χ1v) is 18.5. The number of hydrogen-bond donors (Lipinski definition) is 0. The highest BCUT2D eigenvalue weighted by Crippen LogP contribution is 2.44. The first-order chi connectivity index (χ1) is 25.2. The molecule has 0 atom stereocenters. The highest BCUT2D eigenvalue weighted by Gasteiger charge is 2.22. The Labute approximate surface area is 306 Å². The molecule has 4 aromatic carbocycles. The van der Waals surface area contributed by atoms with E-state index in [1.165, 1.54) is 44.2 Å². The van der Waals surface area contributed by atoms with Crippen molar-refractivity contribution in [1.29, 1.82) is 0 Å². The van der Waals surface area contributed by atoms with Gasteiger partial charge in [-0.05, 0) is 132 Å². The van der Waals surface area contributed by atoms with Crippen molar-refractivity contribution in [3.63, 3.8) is 0 Å². The molecule has 8 rings (SSSR count). The van der Waals surface area contributed by atoms with Crippen LogP contribution in [0.15, 0.2) is 122 Å². The summed E-state index contributed by atoms with van der Waals surface area (Å²) in [4.78, 5) is 19.6. The molecule has 0 spiro atoms. The fourth-order valence-corrected chi connectivity index (χ4v) is 7.91. The van der Waals surface area contributed by atoms with Gasteiger partial charge in [0.15, 0.2) is 0 Å². The van der Waals surface area contributed by atoms with Crippen LogP contribution >= 0.6 is 0 Å². The van der Waals surface area contributed by atoms with Crippen LogP contribution in [0.2, 0.25) is 0 Å². The van der Waals surface area contributed by atoms with E-state index in [4.69, 9.17) is 9.97 Å². The average Bonchev–Trinajstić information content (AvgIpc) is 3.14. The first kappa shape index (κ1) is 33.4. The van der Waals surface area contributed by atoms with E-state index >= 15 is 0 Å². The second-order valence-electron chi connectivity index (χ2n) is 15.1. The van der Waals surface area contributed by atoms with Crippen LogP contribution in [0.4, 0.5) is 0 Å². The second kappa shape index (κ2) is 13.8. The third kappa shape index (κ3) is 6.34. The Morgan fingerprint density at radius 1 is 0.462 bits per heavy atom. The number of benzene rings is 4. The van der Waals surface area contributed by atoms with E-state index in [1.54, 1.807) is 0 Å². The molecule has 0 aliphatic carbocycles. The Morgan fingerprint density at radius 2 is 0.865 bits per heavy atom. The van der Waals surface area contributed by atoms with Crippen molar-refractivity contribution < 1.29 is 0 Å². The third-order valence-corrected chi connectivity index (χ3v) is 9.97. The molecule has 0 amide bonds. The first-order valence-electron chi connectivity index (χ1n) is 18.5. The van der Waals surface area contributed by atoms with E-state index < -0.39 is 0 Å². The molecule has 8 aromatic rings. The lowest BCUT2D eigenvalue weighted by Crippen LogP contribution is -2.03. The number of aromatic nitrogens is 4. The van der Waals surface area contributed by atoms with Gasteiger partial charge < -0.3 is 0 Å². The van der Waals surface area contributed by atoms with Gasteiger partial charge in [-0.25, -0.2) is 0 Å². The van der Waals surface area contributed by atoms with Gasteiger partial charge in [0.1, 0.15) is 0 Å². The van der Waals surface area contributed by atoms with Crippen molar-refractivity contribution in [3.05, 3.63) is 144 Å². The standard InChI is InChI=1S/C48H44N4/c1-29(2)19-39-21-31(5)51-47-43-26-42(36-14-8-12-34(24-36)38-16-10-18-50-28-38)46-40(20-30(3)4)22-32(6)52-48(46)44(43)25-41(45(39)47)35-13-7-11-33(23-35)37-15-9-17-49-27-37/h7-18,21-30H,19-20H2,1-6H3. The molecule has 0 saturated carbocycles. The number of nitrogens with zero attached hydrogens (tertiary/aromatic N) is 4. The second-order valence-corrected chi connectivity index (χ2v) is 15.1. The number of fused-ring (bicyclic) bond motifs is 5. The van der Waals surface area contributed by atoms with E-state index in [0.717, 1.165) is 68.3 Å². The zero-order valence-corrected chi connectivity index (χ0v) is 30.9. The SMILES string of the molecule is Cc1cc(CC(C)C)c2c(-c3cccc(-c4cccnc4)c3)cc3c(cc(-c4cccc(-c5cccnc5)c4)c4c(CC(C)C)cc(C)nc43)c2n1. The largest absolute Gasteiger partial charge is 0.264 e. The third-order valence-electron chi connectivity index (χ3n) is 9.97. The van der Waals surface area contributed by atoms with Crippen LogP contribution in [0.1, 0.15) is 50.2 Å². The van der Waals surface area contributed by atoms with Gasteiger partial charge in [-0.3, -0.25) is 19.9 Å². The van der Waals surface area contributed by atoms with Gasteiger partial charge in [0, 0.05) is 68.8 Å². The number of aryl methyl sites for hydroxylation is 2. The van der Waals surface area contributed by atoms with Crippen LogP contribution in [0, 0.1) is 25.7 Å². The summed E-state index contributed by atoms with van der Waals surface area (Å²) in [6, 6.07) is 35.4. The smallest absolute Gasteiger partial charge is 0.0793 e. The lowest BCUT2D eigenvalue weighted by atomic mass is 9.85. The average molecular weight is 677 g/mol. The van der Waals surface area contributed by atoms with E-state index in [1.807, 2.05) is 36.9 Å². The summed E-state index contributed by atoms with van der Waals surface area (Å²) in [5.74, 6) is 0.973. The fraction of sp³-hybridized carbons (Fsp3) is 0.208. The lowest BCUT2D eigenvalue weighted by molar-refractivity contribution is 0.649. The molecule has 4 nitrogen and oxygen atoms in total. The van der Waals surface area contributed by atoms with Crippen molar-refractivity contribution in [3.8, 4) is 44.5 Å². The monoisotopic (exact) mass is 676 g/mol. The van der Waals surface area contributed by atoms with Gasteiger partial charge in [0.2, 0.25) is 0 Å². The highest BCUT2D eigenvalue weighted by atomic mass is 14.7. The molecule has 0 saturated heterocycles. The maximum Gasteiger partial charge on any atom is 0.0793 e. The lowest BCUT2D eigenvalue weighted by Gasteiger charge is -2.21. The van der Waals surface area contributed by atoms with Crippen LogP contribution in [0.3, 0.4) is 0 Å². The van der Waals surface area contributed by atoms with Gasteiger partial charge in [0.05, 0.1) is 11.0 Å². The van der Waals surface area contributed by atoms with Crippen LogP contribution in [0.5, 0.6) is 0 Å². The highest BCUT2D eigenvalue weighted by molar-refractivity contribution is 6.23. The molecule has 0 fully saturated rings. The molecule has 0 aliphatic rings. The quantitative estimate of drug-likeness (QED) is 0.150. The molecule has 0 bridgehead atoms. The van der Waals surface area contributed by atoms with Gasteiger partial charge in [-0.1, -0.05) is 76.2 Å². The van der Waals surface area contributed by atoms with Crippen molar-refractivity contribution in [1.82, 2.24) is 19.9 Å². The van der Waals surface area contributed by atoms with Gasteiger partial charge in [-0.2, -0.15) is 0 Å². The van der Waals surface area contributed by atoms with Crippen LogP contribution in [-0.2, 0) is 12.8 Å². The van der Waals surface area contributed by atoms with Gasteiger partial charge in [0.25, 0.3) is 0 Å². The number of hydrogen-bond acceptors (Lipinski definition) is 4. The topological polar surface area (TPSA) is 51.6 Å². The molecule has 0 radical (unpaired) electrons. The summed E-state index contributed by atoms with van der Waals surface area (Å²) in [7, 11) is 0. The minimum Gasteiger partial charge on any atom is -0.264 e. The number of rotatable bonds is 8. The Balaban J connectivity index is 1.51. The Hall–Kier alpha value is -5.74. The fourth-order valence-electron chi connectivity index (χ4n) is 7.91. The molecule has 0 aliphatic heterocycles. The molecule has 52 heavy (non-hydrogen) atoms.